The summed E-state index contributed by atoms with van der Waals surface area (Å²) in [5.74, 6) is 2.56. The molecule has 1 N–H and O–H groups in total. The Morgan fingerprint density at radius 2 is 1.88 bits per heavy atom. The van der Waals surface area contributed by atoms with Crippen molar-refractivity contribution >= 4 is 40.8 Å². The lowest BCUT2D eigenvalue weighted by molar-refractivity contribution is -0.118. The zero-order valence-electron chi connectivity index (χ0n) is 13.9. The van der Waals surface area contributed by atoms with Crippen LogP contribution in [0.2, 0.25) is 0 Å². The van der Waals surface area contributed by atoms with Gasteiger partial charge in [-0.05, 0) is 23.6 Å². The molecular weight excluding hydrogens is 362 g/mol. The molecule has 0 bridgehead atoms. The smallest absolute Gasteiger partial charge is 0.230 e. The maximum absolute atomic E-state index is 11.7. The van der Waals surface area contributed by atoms with Crippen LogP contribution < -0.4 is 10.1 Å². The standard InChI is InChI=1S/C16H21N3O2S3/c1-11(2)8-17-14(20)10-23-16-19-18-15(24-16)22-9-12-4-6-13(21-3)7-5-12/h4-7,11H,8-10H2,1-3H3,(H,17,20). The molecule has 1 amide bonds. The van der Waals surface area contributed by atoms with Gasteiger partial charge in [-0.1, -0.05) is 60.8 Å². The van der Waals surface area contributed by atoms with Crippen molar-refractivity contribution in [3.05, 3.63) is 29.8 Å². The van der Waals surface area contributed by atoms with E-state index in [9.17, 15) is 4.79 Å². The summed E-state index contributed by atoms with van der Waals surface area (Å²) in [6, 6.07) is 7.99. The summed E-state index contributed by atoms with van der Waals surface area (Å²) in [6.45, 7) is 4.85. The van der Waals surface area contributed by atoms with E-state index in [1.807, 2.05) is 24.3 Å². The van der Waals surface area contributed by atoms with Crippen molar-refractivity contribution in [2.45, 2.75) is 28.3 Å². The number of aromatic nitrogens is 2. The molecule has 2 rings (SSSR count). The van der Waals surface area contributed by atoms with E-state index in [1.54, 1.807) is 18.9 Å². The van der Waals surface area contributed by atoms with Gasteiger partial charge < -0.3 is 10.1 Å². The minimum Gasteiger partial charge on any atom is -0.497 e. The number of thioether (sulfide) groups is 2. The lowest BCUT2D eigenvalue weighted by Crippen LogP contribution is -2.28. The summed E-state index contributed by atoms with van der Waals surface area (Å²) >= 11 is 4.60. The summed E-state index contributed by atoms with van der Waals surface area (Å²) in [4.78, 5) is 11.7. The van der Waals surface area contributed by atoms with E-state index in [-0.39, 0.29) is 5.91 Å². The van der Waals surface area contributed by atoms with Crippen molar-refractivity contribution in [2.75, 3.05) is 19.4 Å². The highest BCUT2D eigenvalue weighted by molar-refractivity contribution is 8.03. The van der Waals surface area contributed by atoms with Crippen LogP contribution in [0.1, 0.15) is 19.4 Å². The number of nitrogens with one attached hydrogen (secondary N) is 1. The van der Waals surface area contributed by atoms with E-state index < -0.39 is 0 Å². The fraction of sp³-hybridized carbons (Fsp3) is 0.438. The van der Waals surface area contributed by atoms with Crippen LogP contribution in [0.3, 0.4) is 0 Å². The summed E-state index contributed by atoms with van der Waals surface area (Å²) in [6.07, 6.45) is 0. The maximum Gasteiger partial charge on any atom is 0.230 e. The number of carbonyl (C=O) groups is 1. The lowest BCUT2D eigenvalue weighted by Gasteiger charge is -2.06. The molecule has 1 aromatic heterocycles. The SMILES string of the molecule is COc1ccc(CSc2nnc(SCC(=O)NCC(C)C)s2)cc1. The summed E-state index contributed by atoms with van der Waals surface area (Å²) < 4.78 is 6.89. The summed E-state index contributed by atoms with van der Waals surface area (Å²) in [5, 5.41) is 11.2. The van der Waals surface area contributed by atoms with E-state index in [0.29, 0.717) is 18.2 Å². The number of hydrogen-bond acceptors (Lipinski definition) is 7. The Labute approximate surface area is 155 Å². The third-order valence-electron chi connectivity index (χ3n) is 2.94. The first kappa shape index (κ1) is 19.1. The fourth-order valence-electron chi connectivity index (χ4n) is 1.68. The number of ether oxygens (including phenoxy) is 1. The molecule has 0 aliphatic rings. The molecule has 130 valence electrons. The van der Waals surface area contributed by atoms with Crippen LogP contribution in [0.15, 0.2) is 32.9 Å². The number of amides is 1. The summed E-state index contributed by atoms with van der Waals surface area (Å²) in [5.41, 5.74) is 1.21. The molecular formula is C16H21N3O2S3. The van der Waals surface area contributed by atoms with Gasteiger partial charge in [0.15, 0.2) is 8.68 Å². The predicted molar refractivity (Wildman–Crippen MR) is 101 cm³/mol. The van der Waals surface area contributed by atoms with Crippen molar-refractivity contribution in [1.29, 1.82) is 0 Å². The number of rotatable bonds is 9. The Bertz CT molecular complexity index is 644. The third kappa shape index (κ3) is 6.70. The second-order valence-electron chi connectivity index (χ2n) is 5.46. The number of carbonyl (C=O) groups excluding carboxylic acids is 1. The average Bonchev–Trinajstić information content (AvgIpc) is 3.04. The summed E-state index contributed by atoms with van der Waals surface area (Å²) in [7, 11) is 1.66. The number of benzene rings is 1. The van der Waals surface area contributed by atoms with Crippen molar-refractivity contribution in [1.82, 2.24) is 15.5 Å². The van der Waals surface area contributed by atoms with Gasteiger partial charge in [0.25, 0.3) is 0 Å². The Kier molecular flexibility index (Phi) is 7.87. The van der Waals surface area contributed by atoms with Crippen LogP contribution in [-0.4, -0.2) is 35.5 Å². The van der Waals surface area contributed by atoms with Gasteiger partial charge in [-0.3, -0.25) is 4.79 Å². The molecule has 5 nitrogen and oxygen atoms in total. The Morgan fingerprint density at radius 1 is 1.21 bits per heavy atom. The van der Waals surface area contributed by atoms with Crippen molar-refractivity contribution in [3.63, 3.8) is 0 Å². The predicted octanol–water partition coefficient (Wildman–Crippen LogP) is 3.70. The van der Waals surface area contributed by atoms with E-state index in [0.717, 1.165) is 20.2 Å². The number of nitrogens with zero attached hydrogens (tertiary/aromatic N) is 2. The quantitative estimate of drug-likeness (QED) is 0.666. The van der Waals surface area contributed by atoms with Crippen LogP contribution in [0, 0.1) is 5.92 Å². The second kappa shape index (κ2) is 9.90. The topological polar surface area (TPSA) is 64.1 Å². The van der Waals surface area contributed by atoms with Crippen LogP contribution in [-0.2, 0) is 10.5 Å². The molecule has 1 heterocycles. The number of methoxy groups -OCH3 is 1. The molecule has 24 heavy (non-hydrogen) atoms. The first-order chi connectivity index (χ1) is 11.6. The molecule has 0 atom stereocenters. The van der Waals surface area contributed by atoms with Crippen LogP contribution >= 0.6 is 34.9 Å². The molecule has 0 saturated heterocycles. The molecule has 0 spiro atoms. The minimum absolute atomic E-state index is 0.0383. The number of hydrogen-bond donors (Lipinski definition) is 1. The molecule has 0 aliphatic heterocycles. The van der Waals surface area contributed by atoms with E-state index in [4.69, 9.17) is 4.74 Å². The van der Waals surface area contributed by atoms with E-state index in [2.05, 4.69) is 29.4 Å². The fourth-order valence-corrected chi connectivity index (χ4v) is 4.48. The monoisotopic (exact) mass is 383 g/mol. The van der Waals surface area contributed by atoms with E-state index >= 15 is 0 Å². The molecule has 0 saturated carbocycles. The van der Waals surface area contributed by atoms with Gasteiger partial charge in [-0.15, -0.1) is 10.2 Å². The van der Waals surface area contributed by atoms with Crippen LogP contribution in [0.25, 0.3) is 0 Å². The molecule has 8 heteroatoms. The van der Waals surface area contributed by atoms with Crippen molar-refractivity contribution in [2.24, 2.45) is 5.92 Å². The average molecular weight is 384 g/mol. The lowest BCUT2D eigenvalue weighted by atomic mass is 10.2. The Morgan fingerprint density at radius 3 is 2.50 bits per heavy atom. The van der Waals surface area contributed by atoms with Crippen molar-refractivity contribution in [3.8, 4) is 5.75 Å². The largest absolute Gasteiger partial charge is 0.497 e. The highest BCUT2D eigenvalue weighted by Gasteiger charge is 2.09. The third-order valence-corrected chi connectivity index (χ3v) is 6.20. The zero-order valence-corrected chi connectivity index (χ0v) is 16.4. The zero-order chi connectivity index (χ0) is 17.4. The van der Waals surface area contributed by atoms with E-state index in [1.165, 1.54) is 28.7 Å². The maximum atomic E-state index is 11.7. The van der Waals surface area contributed by atoms with Gasteiger partial charge in [0.1, 0.15) is 5.75 Å². The van der Waals surface area contributed by atoms with Crippen molar-refractivity contribution < 1.29 is 9.53 Å². The van der Waals surface area contributed by atoms with Gasteiger partial charge >= 0.3 is 0 Å². The first-order valence-electron chi connectivity index (χ1n) is 7.55. The molecule has 2 aromatic rings. The highest BCUT2D eigenvalue weighted by Crippen LogP contribution is 2.30. The van der Waals surface area contributed by atoms with Gasteiger partial charge in [0.05, 0.1) is 12.9 Å². The highest BCUT2D eigenvalue weighted by atomic mass is 32.2. The molecule has 0 fully saturated rings. The Balaban J connectivity index is 1.75. The Hall–Kier alpha value is -1.25. The first-order valence-corrected chi connectivity index (χ1v) is 10.3. The molecule has 0 unspecified atom stereocenters. The second-order valence-corrected chi connectivity index (χ2v) is 8.88. The van der Waals surface area contributed by atoms with Gasteiger partial charge in [0, 0.05) is 12.3 Å². The van der Waals surface area contributed by atoms with Gasteiger partial charge in [-0.2, -0.15) is 0 Å². The van der Waals surface area contributed by atoms with Gasteiger partial charge in [-0.25, -0.2) is 0 Å². The normalized spacial score (nSPS) is 10.8. The minimum atomic E-state index is 0.0383. The molecule has 0 radical (unpaired) electrons. The van der Waals surface area contributed by atoms with Crippen LogP contribution in [0.5, 0.6) is 5.75 Å². The van der Waals surface area contributed by atoms with Gasteiger partial charge in [0.2, 0.25) is 5.91 Å². The molecule has 1 aromatic carbocycles. The molecule has 0 aliphatic carbocycles. The van der Waals surface area contributed by atoms with Crippen LogP contribution in [0.4, 0.5) is 0 Å².